The third-order valence-electron chi connectivity index (χ3n) is 4.34. The Bertz CT molecular complexity index is 637. The molecule has 0 radical (unpaired) electrons. The second-order valence-electron chi connectivity index (χ2n) is 5.74. The Labute approximate surface area is 120 Å². The summed E-state index contributed by atoms with van der Waals surface area (Å²) in [4.78, 5) is 12.5. The van der Waals surface area contributed by atoms with E-state index in [-0.39, 0.29) is 0 Å². The van der Waals surface area contributed by atoms with Crippen molar-refractivity contribution in [2.75, 3.05) is 0 Å². The van der Waals surface area contributed by atoms with Crippen molar-refractivity contribution in [3.8, 4) is 0 Å². The predicted octanol–water partition coefficient (Wildman–Crippen LogP) is 4.47. The van der Waals surface area contributed by atoms with Crippen molar-refractivity contribution in [1.29, 1.82) is 0 Å². The summed E-state index contributed by atoms with van der Waals surface area (Å²) in [5.74, 6) is 0.650. The highest BCUT2D eigenvalue weighted by atomic mass is 16.1. The smallest absolute Gasteiger partial charge is 0.164 e. The van der Waals surface area contributed by atoms with Crippen molar-refractivity contribution in [2.24, 2.45) is 0 Å². The molecular formula is C19H20O. The predicted molar refractivity (Wildman–Crippen MR) is 82.4 cm³/mol. The molecule has 20 heavy (non-hydrogen) atoms. The summed E-state index contributed by atoms with van der Waals surface area (Å²) in [5, 5.41) is 0. The molecule has 0 bridgehead atoms. The molecule has 2 aromatic carbocycles. The van der Waals surface area contributed by atoms with Gasteiger partial charge >= 0.3 is 0 Å². The second kappa shape index (κ2) is 5.24. The molecule has 0 aliphatic heterocycles. The summed E-state index contributed by atoms with van der Waals surface area (Å²) in [7, 11) is 0. The van der Waals surface area contributed by atoms with Crippen LogP contribution in [-0.2, 0) is 12.8 Å². The van der Waals surface area contributed by atoms with Crippen LogP contribution in [0.25, 0.3) is 0 Å². The number of aryl methyl sites for hydroxylation is 2. The van der Waals surface area contributed by atoms with E-state index in [4.69, 9.17) is 0 Å². The fourth-order valence-corrected chi connectivity index (χ4v) is 3.21. The molecule has 1 heteroatoms. The highest BCUT2D eigenvalue weighted by Crippen LogP contribution is 2.34. The zero-order valence-corrected chi connectivity index (χ0v) is 12.1. The SMILES string of the molecule is CCc1cccc2c1C(=O)CC(c1ccc(C)cc1)C2. The van der Waals surface area contributed by atoms with Crippen LogP contribution in [0.3, 0.4) is 0 Å². The molecule has 2 aromatic rings. The van der Waals surface area contributed by atoms with Crippen LogP contribution < -0.4 is 0 Å². The molecular weight excluding hydrogens is 244 g/mol. The molecule has 3 rings (SSSR count). The van der Waals surface area contributed by atoms with E-state index in [0.717, 1.165) is 18.4 Å². The maximum absolute atomic E-state index is 12.5. The lowest BCUT2D eigenvalue weighted by Crippen LogP contribution is -2.20. The molecule has 0 saturated carbocycles. The molecule has 1 aliphatic carbocycles. The molecule has 0 amide bonds. The van der Waals surface area contributed by atoms with Crippen LogP contribution in [0.2, 0.25) is 0 Å². The van der Waals surface area contributed by atoms with E-state index in [1.165, 1.54) is 22.3 Å². The van der Waals surface area contributed by atoms with E-state index < -0.39 is 0 Å². The van der Waals surface area contributed by atoms with E-state index in [2.05, 4.69) is 56.3 Å². The van der Waals surface area contributed by atoms with Gasteiger partial charge in [0.15, 0.2) is 5.78 Å². The van der Waals surface area contributed by atoms with Crippen LogP contribution >= 0.6 is 0 Å². The van der Waals surface area contributed by atoms with Crippen molar-refractivity contribution in [1.82, 2.24) is 0 Å². The lowest BCUT2D eigenvalue weighted by molar-refractivity contribution is 0.0963. The number of benzene rings is 2. The summed E-state index contributed by atoms with van der Waals surface area (Å²) < 4.78 is 0. The summed E-state index contributed by atoms with van der Waals surface area (Å²) in [6, 6.07) is 14.9. The molecule has 1 nitrogen and oxygen atoms in total. The average Bonchev–Trinajstić information content (AvgIpc) is 2.47. The van der Waals surface area contributed by atoms with Gasteiger partial charge in [-0.2, -0.15) is 0 Å². The van der Waals surface area contributed by atoms with Gasteiger partial charge in [0.05, 0.1) is 0 Å². The van der Waals surface area contributed by atoms with Crippen LogP contribution in [-0.4, -0.2) is 5.78 Å². The van der Waals surface area contributed by atoms with Gasteiger partial charge in [-0.25, -0.2) is 0 Å². The van der Waals surface area contributed by atoms with Crippen molar-refractivity contribution in [3.05, 3.63) is 70.3 Å². The number of ketones is 1. The minimum absolute atomic E-state index is 0.314. The first-order chi connectivity index (χ1) is 9.69. The largest absolute Gasteiger partial charge is 0.294 e. The van der Waals surface area contributed by atoms with Crippen LogP contribution in [0.15, 0.2) is 42.5 Å². The zero-order valence-electron chi connectivity index (χ0n) is 12.1. The zero-order chi connectivity index (χ0) is 14.1. The summed E-state index contributed by atoms with van der Waals surface area (Å²) in [6.07, 6.45) is 2.56. The molecule has 0 aromatic heterocycles. The van der Waals surface area contributed by atoms with Crippen LogP contribution in [0, 0.1) is 6.92 Å². The Morgan fingerprint density at radius 1 is 1.05 bits per heavy atom. The first-order valence-electron chi connectivity index (χ1n) is 7.39. The van der Waals surface area contributed by atoms with E-state index >= 15 is 0 Å². The first-order valence-corrected chi connectivity index (χ1v) is 7.39. The van der Waals surface area contributed by atoms with Gasteiger partial charge in [-0.05, 0) is 42.4 Å². The van der Waals surface area contributed by atoms with Crippen LogP contribution in [0.4, 0.5) is 0 Å². The Kier molecular flexibility index (Phi) is 3.43. The quantitative estimate of drug-likeness (QED) is 0.782. The normalized spacial score (nSPS) is 17.9. The Balaban J connectivity index is 1.97. The number of fused-ring (bicyclic) bond motifs is 1. The number of hydrogen-bond donors (Lipinski definition) is 0. The van der Waals surface area contributed by atoms with Crippen molar-refractivity contribution >= 4 is 5.78 Å². The molecule has 1 aliphatic rings. The van der Waals surface area contributed by atoms with E-state index in [0.29, 0.717) is 18.1 Å². The number of Topliss-reactive ketones (excluding diaryl/α,β-unsaturated/α-hetero) is 1. The summed E-state index contributed by atoms with van der Waals surface area (Å²) in [5.41, 5.74) is 5.99. The number of carbonyl (C=O) groups is 1. The van der Waals surface area contributed by atoms with Gasteiger partial charge < -0.3 is 0 Å². The van der Waals surface area contributed by atoms with E-state index in [1.807, 2.05) is 0 Å². The van der Waals surface area contributed by atoms with Crippen molar-refractivity contribution in [2.45, 2.75) is 39.0 Å². The third-order valence-corrected chi connectivity index (χ3v) is 4.34. The molecule has 102 valence electrons. The standard InChI is InChI=1S/C19H20O/c1-3-14-5-4-6-16-11-17(12-18(20)19(14)16)15-9-7-13(2)8-10-15/h4-10,17H,3,11-12H2,1-2H3. The molecule has 0 N–H and O–H groups in total. The van der Waals surface area contributed by atoms with Gasteiger partial charge in [0, 0.05) is 12.0 Å². The lowest BCUT2D eigenvalue weighted by atomic mass is 9.77. The molecule has 0 saturated heterocycles. The molecule has 0 spiro atoms. The Morgan fingerprint density at radius 2 is 1.80 bits per heavy atom. The lowest BCUT2D eigenvalue weighted by Gasteiger charge is -2.25. The average molecular weight is 264 g/mol. The molecule has 0 heterocycles. The molecule has 1 unspecified atom stereocenters. The topological polar surface area (TPSA) is 17.1 Å². The number of hydrogen-bond acceptors (Lipinski definition) is 1. The minimum Gasteiger partial charge on any atom is -0.294 e. The van der Waals surface area contributed by atoms with E-state index in [1.54, 1.807) is 0 Å². The third kappa shape index (κ3) is 2.29. The van der Waals surface area contributed by atoms with Gasteiger partial charge in [0.2, 0.25) is 0 Å². The fourth-order valence-electron chi connectivity index (χ4n) is 3.21. The van der Waals surface area contributed by atoms with Crippen LogP contribution in [0.1, 0.15) is 51.9 Å². The van der Waals surface area contributed by atoms with Crippen molar-refractivity contribution < 1.29 is 4.79 Å². The highest BCUT2D eigenvalue weighted by Gasteiger charge is 2.27. The Morgan fingerprint density at radius 3 is 2.50 bits per heavy atom. The molecule has 0 fully saturated rings. The Hall–Kier alpha value is -1.89. The summed E-state index contributed by atoms with van der Waals surface area (Å²) in [6.45, 7) is 4.22. The van der Waals surface area contributed by atoms with Gasteiger partial charge in [0.1, 0.15) is 0 Å². The highest BCUT2D eigenvalue weighted by molar-refractivity contribution is 6.00. The van der Waals surface area contributed by atoms with Crippen LogP contribution in [0.5, 0.6) is 0 Å². The summed E-state index contributed by atoms with van der Waals surface area (Å²) >= 11 is 0. The van der Waals surface area contributed by atoms with Gasteiger partial charge in [-0.3, -0.25) is 4.79 Å². The van der Waals surface area contributed by atoms with Gasteiger partial charge in [-0.15, -0.1) is 0 Å². The fraction of sp³-hybridized carbons (Fsp3) is 0.316. The minimum atomic E-state index is 0.314. The van der Waals surface area contributed by atoms with Crippen molar-refractivity contribution in [3.63, 3.8) is 0 Å². The number of carbonyl (C=O) groups excluding carboxylic acids is 1. The van der Waals surface area contributed by atoms with Gasteiger partial charge in [0.25, 0.3) is 0 Å². The molecule has 1 atom stereocenters. The maximum atomic E-state index is 12.5. The van der Waals surface area contributed by atoms with Gasteiger partial charge in [-0.1, -0.05) is 55.0 Å². The maximum Gasteiger partial charge on any atom is 0.164 e. The monoisotopic (exact) mass is 264 g/mol. The number of rotatable bonds is 2. The second-order valence-corrected chi connectivity index (χ2v) is 5.74. The first kappa shape index (κ1) is 13.1. The van der Waals surface area contributed by atoms with E-state index in [9.17, 15) is 4.79 Å².